The number of carbonyl (C=O) groups excluding carboxylic acids is 1. The molecule has 0 spiro atoms. The Bertz CT molecular complexity index is 1320. The molecule has 170 valence electrons. The highest BCUT2D eigenvalue weighted by Gasteiger charge is 2.31. The average Bonchev–Trinajstić information content (AvgIpc) is 3.44. The first-order valence-corrected chi connectivity index (χ1v) is 11.0. The Hall–Kier alpha value is -4.23. The SMILES string of the molecule is N[C@@H](Cc1ccccc1)c1ncc(C(=O)O)n1C(=O)OCC1c2ccccc2-c2ccccc21. The van der Waals surface area contributed by atoms with Crippen molar-refractivity contribution in [1.29, 1.82) is 0 Å². The van der Waals surface area contributed by atoms with Gasteiger partial charge in [-0.1, -0.05) is 78.9 Å². The molecule has 0 aliphatic heterocycles. The molecule has 5 rings (SSSR count). The quantitative estimate of drug-likeness (QED) is 0.441. The molecular formula is C27H23N3O4. The summed E-state index contributed by atoms with van der Waals surface area (Å²) in [6.45, 7) is 0.0669. The van der Waals surface area contributed by atoms with Crippen LogP contribution in [0.3, 0.4) is 0 Å². The monoisotopic (exact) mass is 453 g/mol. The molecule has 0 unspecified atom stereocenters. The second kappa shape index (κ2) is 8.96. The van der Waals surface area contributed by atoms with Gasteiger partial charge in [-0.15, -0.1) is 0 Å². The Kier molecular flexibility index (Phi) is 5.69. The van der Waals surface area contributed by atoms with E-state index in [1.807, 2.05) is 66.7 Å². The zero-order valence-corrected chi connectivity index (χ0v) is 18.3. The summed E-state index contributed by atoms with van der Waals surface area (Å²) in [6, 6.07) is 24.9. The Labute approximate surface area is 196 Å². The summed E-state index contributed by atoms with van der Waals surface area (Å²) in [4.78, 5) is 29.1. The van der Waals surface area contributed by atoms with Crippen LogP contribution in [0.2, 0.25) is 0 Å². The molecule has 3 N–H and O–H groups in total. The van der Waals surface area contributed by atoms with Gasteiger partial charge in [0.05, 0.1) is 12.2 Å². The predicted octanol–water partition coefficient (Wildman–Crippen LogP) is 4.62. The number of aromatic nitrogens is 2. The lowest BCUT2D eigenvalue weighted by Crippen LogP contribution is -2.27. The van der Waals surface area contributed by atoms with Gasteiger partial charge in [-0.25, -0.2) is 19.1 Å². The van der Waals surface area contributed by atoms with Crippen LogP contribution < -0.4 is 5.73 Å². The van der Waals surface area contributed by atoms with E-state index in [1.165, 1.54) is 0 Å². The van der Waals surface area contributed by atoms with E-state index in [-0.39, 0.29) is 24.0 Å². The first kappa shape index (κ1) is 21.6. The molecule has 1 heterocycles. The largest absolute Gasteiger partial charge is 0.477 e. The smallest absolute Gasteiger partial charge is 0.420 e. The van der Waals surface area contributed by atoms with Crippen LogP contribution in [0.1, 0.15) is 45.0 Å². The number of benzene rings is 3. The molecule has 34 heavy (non-hydrogen) atoms. The van der Waals surface area contributed by atoms with Crippen molar-refractivity contribution in [2.45, 2.75) is 18.4 Å². The van der Waals surface area contributed by atoms with Crippen LogP contribution in [0.5, 0.6) is 0 Å². The van der Waals surface area contributed by atoms with E-state index in [0.717, 1.165) is 38.6 Å². The number of aromatic carboxylic acids is 1. The molecule has 0 saturated heterocycles. The van der Waals surface area contributed by atoms with Crippen molar-refractivity contribution in [2.24, 2.45) is 5.73 Å². The number of hydrogen-bond acceptors (Lipinski definition) is 5. The molecule has 7 nitrogen and oxygen atoms in total. The van der Waals surface area contributed by atoms with E-state index in [2.05, 4.69) is 17.1 Å². The van der Waals surface area contributed by atoms with E-state index in [0.29, 0.717) is 6.42 Å². The number of nitrogens with zero attached hydrogens (tertiary/aromatic N) is 2. The van der Waals surface area contributed by atoms with Crippen LogP contribution in [0.15, 0.2) is 85.1 Å². The van der Waals surface area contributed by atoms with Gasteiger partial charge in [-0.05, 0) is 34.2 Å². The number of nitrogens with two attached hydrogens (primary N) is 1. The summed E-state index contributed by atoms with van der Waals surface area (Å²) in [5.74, 6) is -1.27. The Balaban J connectivity index is 1.41. The summed E-state index contributed by atoms with van der Waals surface area (Å²) >= 11 is 0. The third-order valence-corrected chi connectivity index (χ3v) is 6.16. The fraction of sp³-hybridized carbons (Fsp3) is 0.148. The van der Waals surface area contributed by atoms with E-state index < -0.39 is 18.1 Å². The minimum Gasteiger partial charge on any atom is -0.477 e. The normalized spacial score (nSPS) is 13.2. The van der Waals surface area contributed by atoms with Gasteiger partial charge in [0.25, 0.3) is 0 Å². The van der Waals surface area contributed by atoms with Crippen molar-refractivity contribution in [3.8, 4) is 11.1 Å². The van der Waals surface area contributed by atoms with E-state index >= 15 is 0 Å². The number of carbonyl (C=O) groups is 2. The fourth-order valence-electron chi connectivity index (χ4n) is 4.59. The molecule has 1 atom stereocenters. The average molecular weight is 453 g/mol. The maximum Gasteiger partial charge on any atom is 0.420 e. The number of carboxylic acid groups (broad SMARTS) is 1. The lowest BCUT2D eigenvalue weighted by atomic mass is 9.98. The molecular weight excluding hydrogens is 430 g/mol. The highest BCUT2D eigenvalue weighted by atomic mass is 16.5. The van der Waals surface area contributed by atoms with Gasteiger partial charge in [0, 0.05) is 5.92 Å². The summed E-state index contributed by atoms with van der Waals surface area (Å²) in [5.41, 5.74) is 11.4. The third-order valence-electron chi connectivity index (χ3n) is 6.16. The van der Waals surface area contributed by atoms with Gasteiger partial charge in [0.15, 0.2) is 5.69 Å². The van der Waals surface area contributed by atoms with E-state index in [1.54, 1.807) is 0 Å². The molecule has 0 amide bonds. The van der Waals surface area contributed by atoms with Crippen molar-refractivity contribution in [1.82, 2.24) is 9.55 Å². The number of ether oxygens (including phenoxy) is 1. The molecule has 0 bridgehead atoms. The fourth-order valence-corrected chi connectivity index (χ4v) is 4.59. The Morgan fingerprint density at radius 2 is 1.53 bits per heavy atom. The lowest BCUT2D eigenvalue weighted by Gasteiger charge is -2.17. The number of rotatable bonds is 6. The van der Waals surface area contributed by atoms with Gasteiger partial charge in [-0.3, -0.25) is 0 Å². The van der Waals surface area contributed by atoms with Crippen LogP contribution >= 0.6 is 0 Å². The first-order valence-electron chi connectivity index (χ1n) is 11.0. The standard InChI is InChI=1S/C27H23N3O4/c28-23(14-17-8-2-1-3-9-17)25-29-15-24(26(31)32)30(25)27(33)34-16-22-20-12-6-4-10-18(20)19-11-5-7-13-21(19)22/h1-13,15,22-23H,14,16,28H2,(H,31,32)/t23-/m0/s1. The highest BCUT2D eigenvalue weighted by Crippen LogP contribution is 2.44. The Morgan fingerprint density at radius 1 is 0.941 bits per heavy atom. The number of fused-ring (bicyclic) bond motifs is 3. The summed E-state index contributed by atoms with van der Waals surface area (Å²) in [7, 11) is 0. The Morgan fingerprint density at radius 3 is 2.15 bits per heavy atom. The molecule has 7 heteroatoms. The van der Waals surface area contributed by atoms with E-state index in [4.69, 9.17) is 10.5 Å². The van der Waals surface area contributed by atoms with E-state index in [9.17, 15) is 14.7 Å². The molecule has 4 aromatic rings. The van der Waals surface area contributed by atoms with Crippen molar-refractivity contribution >= 4 is 12.1 Å². The third kappa shape index (κ3) is 3.86. The number of imidazole rings is 1. The van der Waals surface area contributed by atoms with Crippen molar-refractivity contribution in [3.63, 3.8) is 0 Å². The van der Waals surface area contributed by atoms with Crippen molar-refractivity contribution < 1.29 is 19.4 Å². The summed E-state index contributed by atoms with van der Waals surface area (Å²) in [6.07, 6.45) is 0.729. The first-order chi connectivity index (χ1) is 16.5. The predicted molar refractivity (Wildman–Crippen MR) is 127 cm³/mol. The molecule has 1 aliphatic carbocycles. The maximum absolute atomic E-state index is 13.2. The minimum absolute atomic E-state index is 0.0669. The maximum atomic E-state index is 13.2. The molecule has 1 aliphatic rings. The molecule has 3 aromatic carbocycles. The van der Waals surface area contributed by atoms with Crippen molar-refractivity contribution in [3.05, 3.63) is 113 Å². The molecule has 0 saturated carbocycles. The molecule has 1 aromatic heterocycles. The molecule has 0 fully saturated rings. The van der Waals surface area contributed by atoms with Crippen molar-refractivity contribution in [2.75, 3.05) is 6.61 Å². The van der Waals surface area contributed by atoms with Gasteiger partial charge in [0.2, 0.25) is 0 Å². The second-order valence-electron chi connectivity index (χ2n) is 8.24. The van der Waals surface area contributed by atoms with Gasteiger partial charge < -0.3 is 15.6 Å². The van der Waals surface area contributed by atoms with Crippen LogP contribution in [-0.2, 0) is 11.2 Å². The van der Waals surface area contributed by atoms with Gasteiger partial charge in [0.1, 0.15) is 12.4 Å². The zero-order chi connectivity index (χ0) is 23.7. The van der Waals surface area contributed by atoms with Crippen LogP contribution in [0.4, 0.5) is 4.79 Å². The minimum atomic E-state index is -1.28. The number of carboxylic acids is 1. The second-order valence-corrected chi connectivity index (χ2v) is 8.24. The van der Waals surface area contributed by atoms with Gasteiger partial charge in [-0.2, -0.15) is 0 Å². The summed E-state index contributed by atoms with van der Waals surface area (Å²) < 4.78 is 6.66. The molecule has 0 radical (unpaired) electrons. The van der Waals surface area contributed by atoms with Gasteiger partial charge >= 0.3 is 12.1 Å². The zero-order valence-electron chi connectivity index (χ0n) is 18.3. The lowest BCUT2D eigenvalue weighted by molar-refractivity contribution is 0.0680. The topological polar surface area (TPSA) is 107 Å². The highest BCUT2D eigenvalue weighted by molar-refractivity contribution is 5.90. The number of hydrogen-bond donors (Lipinski definition) is 2. The van der Waals surface area contributed by atoms with Crippen LogP contribution in [0.25, 0.3) is 11.1 Å². The van der Waals surface area contributed by atoms with Crippen LogP contribution in [-0.4, -0.2) is 33.3 Å². The van der Waals surface area contributed by atoms with Crippen LogP contribution in [0, 0.1) is 0 Å². The summed E-state index contributed by atoms with van der Waals surface area (Å²) in [5, 5.41) is 9.63.